The van der Waals surface area contributed by atoms with Gasteiger partial charge in [0.1, 0.15) is 18.0 Å². The van der Waals surface area contributed by atoms with Gasteiger partial charge in [0, 0.05) is 31.2 Å². The van der Waals surface area contributed by atoms with Crippen molar-refractivity contribution in [3.8, 4) is 0 Å². The Morgan fingerprint density at radius 3 is 3.00 bits per heavy atom. The van der Waals surface area contributed by atoms with E-state index in [1.54, 1.807) is 12.4 Å². The SMILES string of the molecule is CCNC(CN1CCn2cnnc2C1)c1ccccc1F. The van der Waals surface area contributed by atoms with Gasteiger partial charge in [0.05, 0.1) is 6.54 Å². The maximum Gasteiger partial charge on any atom is 0.147 e. The Bertz CT molecular complexity index is 597. The molecule has 2 aromatic rings. The molecular formula is C15H20FN5. The highest BCUT2D eigenvalue weighted by atomic mass is 19.1. The summed E-state index contributed by atoms with van der Waals surface area (Å²) >= 11 is 0. The number of hydrogen-bond acceptors (Lipinski definition) is 4. The van der Waals surface area contributed by atoms with E-state index in [9.17, 15) is 4.39 Å². The topological polar surface area (TPSA) is 46.0 Å². The van der Waals surface area contributed by atoms with Crippen LogP contribution in [0.25, 0.3) is 0 Å². The van der Waals surface area contributed by atoms with E-state index >= 15 is 0 Å². The Hall–Kier alpha value is -1.79. The molecule has 2 heterocycles. The van der Waals surface area contributed by atoms with Gasteiger partial charge < -0.3 is 9.88 Å². The van der Waals surface area contributed by atoms with Crippen molar-refractivity contribution >= 4 is 0 Å². The molecule has 21 heavy (non-hydrogen) atoms. The zero-order valence-electron chi connectivity index (χ0n) is 12.2. The van der Waals surface area contributed by atoms with Crippen LogP contribution in [-0.2, 0) is 13.1 Å². The number of fused-ring (bicyclic) bond motifs is 1. The highest BCUT2D eigenvalue weighted by Crippen LogP contribution is 2.20. The Morgan fingerprint density at radius 1 is 1.33 bits per heavy atom. The second-order valence-electron chi connectivity index (χ2n) is 5.31. The van der Waals surface area contributed by atoms with Crippen LogP contribution in [0.15, 0.2) is 30.6 Å². The summed E-state index contributed by atoms with van der Waals surface area (Å²) in [6.45, 7) is 6.20. The molecule has 0 radical (unpaired) electrons. The zero-order valence-corrected chi connectivity index (χ0v) is 12.2. The summed E-state index contributed by atoms with van der Waals surface area (Å²) in [4.78, 5) is 2.30. The molecule has 1 N–H and O–H groups in total. The summed E-state index contributed by atoms with van der Waals surface area (Å²) in [6.07, 6.45) is 1.77. The minimum atomic E-state index is -0.149. The van der Waals surface area contributed by atoms with E-state index in [-0.39, 0.29) is 11.9 Å². The van der Waals surface area contributed by atoms with Gasteiger partial charge in [0.25, 0.3) is 0 Å². The van der Waals surface area contributed by atoms with Gasteiger partial charge in [-0.05, 0) is 12.6 Å². The molecule has 1 aromatic carbocycles. The van der Waals surface area contributed by atoms with E-state index in [0.717, 1.165) is 44.1 Å². The van der Waals surface area contributed by atoms with Crippen LogP contribution in [0.2, 0.25) is 0 Å². The van der Waals surface area contributed by atoms with Crippen molar-refractivity contribution in [2.24, 2.45) is 0 Å². The van der Waals surface area contributed by atoms with E-state index in [2.05, 4.69) is 25.0 Å². The van der Waals surface area contributed by atoms with E-state index in [0.29, 0.717) is 0 Å². The van der Waals surface area contributed by atoms with Crippen molar-refractivity contribution in [1.29, 1.82) is 0 Å². The third-order valence-corrected chi connectivity index (χ3v) is 3.89. The summed E-state index contributed by atoms with van der Waals surface area (Å²) in [7, 11) is 0. The number of halogens is 1. The molecule has 1 aliphatic heterocycles. The highest BCUT2D eigenvalue weighted by molar-refractivity contribution is 5.21. The van der Waals surface area contributed by atoms with Gasteiger partial charge in [0.15, 0.2) is 0 Å². The zero-order chi connectivity index (χ0) is 14.7. The Labute approximate surface area is 123 Å². The number of rotatable bonds is 5. The molecular weight excluding hydrogens is 269 g/mol. The molecule has 112 valence electrons. The number of aromatic nitrogens is 3. The number of nitrogens with one attached hydrogen (secondary N) is 1. The highest BCUT2D eigenvalue weighted by Gasteiger charge is 2.22. The average molecular weight is 289 g/mol. The maximum atomic E-state index is 14.0. The fourth-order valence-corrected chi connectivity index (χ4v) is 2.81. The van der Waals surface area contributed by atoms with Gasteiger partial charge in [-0.15, -0.1) is 10.2 Å². The molecule has 3 rings (SSSR count). The summed E-state index contributed by atoms with van der Waals surface area (Å²) in [5.74, 6) is 0.827. The third kappa shape index (κ3) is 3.11. The lowest BCUT2D eigenvalue weighted by Gasteiger charge is -2.31. The minimum Gasteiger partial charge on any atom is -0.315 e. The first kappa shape index (κ1) is 14.2. The molecule has 6 heteroatoms. The lowest BCUT2D eigenvalue weighted by molar-refractivity contribution is 0.194. The Morgan fingerprint density at radius 2 is 2.19 bits per heavy atom. The first-order chi connectivity index (χ1) is 10.3. The largest absolute Gasteiger partial charge is 0.315 e. The monoisotopic (exact) mass is 289 g/mol. The van der Waals surface area contributed by atoms with E-state index in [4.69, 9.17) is 0 Å². The van der Waals surface area contributed by atoms with Crippen LogP contribution in [-0.4, -0.2) is 39.3 Å². The van der Waals surface area contributed by atoms with E-state index in [1.165, 1.54) is 6.07 Å². The van der Waals surface area contributed by atoms with Crippen molar-refractivity contribution in [3.63, 3.8) is 0 Å². The predicted molar refractivity (Wildman–Crippen MR) is 78.1 cm³/mol. The van der Waals surface area contributed by atoms with Crippen LogP contribution < -0.4 is 5.32 Å². The van der Waals surface area contributed by atoms with Gasteiger partial charge >= 0.3 is 0 Å². The van der Waals surface area contributed by atoms with Gasteiger partial charge in [-0.2, -0.15) is 0 Å². The van der Waals surface area contributed by atoms with Crippen molar-refractivity contribution < 1.29 is 4.39 Å². The average Bonchev–Trinajstić information content (AvgIpc) is 2.95. The Kier molecular flexibility index (Phi) is 4.26. The van der Waals surface area contributed by atoms with Gasteiger partial charge in [0.2, 0.25) is 0 Å². The maximum absolute atomic E-state index is 14.0. The summed E-state index contributed by atoms with van der Waals surface area (Å²) in [5.41, 5.74) is 0.728. The fourth-order valence-electron chi connectivity index (χ4n) is 2.81. The van der Waals surface area contributed by atoms with Crippen LogP contribution in [0.4, 0.5) is 4.39 Å². The lowest BCUT2D eigenvalue weighted by Crippen LogP contribution is -2.40. The van der Waals surface area contributed by atoms with Crippen LogP contribution >= 0.6 is 0 Å². The molecule has 0 aliphatic carbocycles. The second-order valence-corrected chi connectivity index (χ2v) is 5.31. The van der Waals surface area contributed by atoms with Crippen LogP contribution in [0.5, 0.6) is 0 Å². The third-order valence-electron chi connectivity index (χ3n) is 3.89. The number of hydrogen-bond donors (Lipinski definition) is 1. The number of benzene rings is 1. The van der Waals surface area contributed by atoms with Crippen LogP contribution in [0.3, 0.4) is 0 Å². The summed E-state index contributed by atoms with van der Waals surface area (Å²) in [6, 6.07) is 6.98. The van der Waals surface area contributed by atoms with Crippen LogP contribution in [0, 0.1) is 5.82 Å². The molecule has 0 amide bonds. The minimum absolute atomic E-state index is 0.00864. The molecule has 0 spiro atoms. The first-order valence-electron chi connectivity index (χ1n) is 7.34. The normalized spacial score (nSPS) is 16.7. The quantitative estimate of drug-likeness (QED) is 0.908. The van der Waals surface area contributed by atoms with Crippen molar-refractivity contribution in [2.75, 3.05) is 19.6 Å². The molecule has 0 fully saturated rings. The second kappa shape index (κ2) is 6.32. The van der Waals surface area contributed by atoms with Gasteiger partial charge in [-0.3, -0.25) is 4.90 Å². The smallest absolute Gasteiger partial charge is 0.147 e. The van der Waals surface area contributed by atoms with Crippen molar-refractivity contribution in [1.82, 2.24) is 25.0 Å². The number of nitrogens with zero attached hydrogens (tertiary/aromatic N) is 4. The summed E-state index contributed by atoms with van der Waals surface area (Å²) in [5, 5.41) is 11.4. The van der Waals surface area contributed by atoms with Crippen LogP contribution in [0.1, 0.15) is 24.4 Å². The fraction of sp³-hybridized carbons (Fsp3) is 0.467. The van der Waals surface area contributed by atoms with Gasteiger partial charge in [-0.25, -0.2) is 4.39 Å². The molecule has 1 aromatic heterocycles. The number of likely N-dealkylation sites (N-methyl/N-ethyl adjacent to an activating group) is 1. The van der Waals surface area contributed by atoms with E-state index < -0.39 is 0 Å². The molecule has 1 unspecified atom stereocenters. The molecule has 0 bridgehead atoms. The lowest BCUT2D eigenvalue weighted by atomic mass is 10.1. The first-order valence-corrected chi connectivity index (χ1v) is 7.34. The molecule has 0 saturated heterocycles. The van der Waals surface area contributed by atoms with Gasteiger partial charge in [-0.1, -0.05) is 25.1 Å². The predicted octanol–water partition coefficient (Wildman–Crippen LogP) is 1.58. The Balaban J connectivity index is 1.73. The van der Waals surface area contributed by atoms with Crippen molar-refractivity contribution in [2.45, 2.75) is 26.1 Å². The summed E-state index contributed by atoms with van der Waals surface area (Å²) < 4.78 is 16.1. The molecule has 1 aliphatic rings. The molecule has 0 saturated carbocycles. The molecule has 1 atom stereocenters. The van der Waals surface area contributed by atoms with E-state index in [1.807, 2.05) is 19.1 Å². The standard InChI is InChI=1S/C15H20FN5/c1-2-17-14(12-5-3-4-6-13(12)16)9-20-7-8-21-11-18-19-15(21)10-20/h3-6,11,14,17H,2,7-10H2,1H3. The molecule has 5 nitrogen and oxygen atoms in total. The van der Waals surface area contributed by atoms with Crippen molar-refractivity contribution in [3.05, 3.63) is 47.8 Å².